The first-order valence-electron chi connectivity index (χ1n) is 34.0. The molecule has 80 heavy (non-hydrogen) atoms. The Labute approximate surface area is 497 Å². The minimum Gasteiger partial charge on any atom is -0.391 e. The zero-order valence-corrected chi connectivity index (χ0v) is 54.2. The van der Waals surface area contributed by atoms with Gasteiger partial charge in [-0.1, -0.05) is 317 Å². The van der Waals surface area contributed by atoms with Crippen molar-refractivity contribution in [1.82, 2.24) is 5.32 Å². The van der Waals surface area contributed by atoms with Crippen LogP contribution in [-0.2, 0) is 18.4 Å². The minimum absolute atomic E-state index is 0.0687. The van der Waals surface area contributed by atoms with Crippen molar-refractivity contribution >= 4 is 13.7 Å². The van der Waals surface area contributed by atoms with Crippen LogP contribution in [0, 0.1) is 0 Å². The van der Waals surface area contributed by atoms with Gasteiger partial charge in [0.2, 0.25) is 5.91 Å². The summed E-state index contributed by atoms with van der Waals surface area (Å²) in [4.78, 5) is 23.4. The van der Waals surface area contributed by atoms with E-state index in [9.17, 15) is 19.4 Å². The molecular weight excluding hydrogens is 1010 g/mol. The molecule has 0 rings (SSSR count). The number of quaternary nitrogens is 1. The number of rotatable bonds is 62. The SMILES string of the molecule is CC/C=C\C/C=C\C/C=C\C/C=C\C/C=C\C/C=C\C/C=C\CCCCCCCCCC(=O)NC(COP(=O)(O)OCC[N+](C)(C)C)C(O)CCCCCCCCCCCCCCCCCCCCCCCCCCCCCCC. The predicted octanol–water partition coefficient (Wildman–Crippen LogP) is 21.5. The van der Waals surface area contributed by atoms with E-state index in [4.69, 9.17) is 9.05 Å². The second-order valence-electron chi connectivity index (χ2n) is 24.2. The lowest BCUT2D eigenvalue weighted by molar-refractivity contribution is -0.870. The average Bonchev–Trinajstić information content (AvgIpc) is 3.42. The van der Waals surface area contributed by atoms with E-state index >= 15 is 0 Å². The summed E-state index contributed by atoms with van der Waals surface area (Å²) in [6, 6.07) is -0.775. The highest BCUT2D eigenvalue weighted by Crippen LogP contribution is 2.43. The second kappa shape index (κ2) is 61.2. The summed E-state index contributed by atoms with van der Waals surface area (Å²) in [5, 5.41) is 14.1. The molecule has 0 aliphatic heterocycles. The first-order chi connectivity index (χ1) is 39.0. The number of amides is 1. The number of carbonyl (C=O) groups excluding carboxylic acids is 1. The van der Waals surface area contributed by atoms with E-state index in [0.29, 0.717) is 23.9 Å². The molecule has 0 bridgehead atoms. The number of phosphoric ester groups is 1. The number of allylic oxidation sites excluding steroid dienone is 14. The van der Waals surface area contributed by atoms with Gasteiger partial charge in [-0.15, -0.1) is 0 Å². The van der Waals surface area contributed by atoms with E-state index in [1.54, 1.807) is 0 Å². The van der Waals surface area contributed by atoms with Crippen LogP contribution in [0.2, 0.25) is 0 Å². The third-order valence-electron chi connectivity index (χ3n) is 15.2. The number of nitrogens with one attached hydrogen (secondary N) is 1. The summed E-state index contributed by atoms with van der Waals surface area (Å²) >= 11 is 0. The highest BCUT2D eigenvalue weighted by Gasteiger charge is 2.28. The average molecular weight is 1140 g/mol. The smallest absolute Gasteiger partial charge is 0.391 e. The topological polar surface area (TPSA) is 105 Å². The third kappa shape index (κ3) is 63.3. The third-order valence-corrected chi connectivity index (χ3v) is 16.1. The number of carbonyl (C=O) groups is 1. The molecule has 0 aliphatic carbocycles. The van der Waals surface area contributed by atoms with Crippen molar-refractivity contribution in [1.29, 1.82) is 0 Å². The fourth-order valence-corrected chi connectivity index (χ4v) is 10.6. The van der Waals surface area contributed by atoms with Crippen LogP contribution in [0.3, 0.4) is 0 Å². The van der Waals surface area contributed by atoms with Crippen LogP contribution in [-0.4, -0.2) is 73.4 Å². The van der Waals surface area contributed by atoms with Crippen molar-refractivity contribution < 1.29 is 32.9 Å². The Bertz CT molecular complexity index is 1580. The van der Waals surface area contributed by atoms with Crippen LogP contribution < -0.4 is 5.32 Å². The maximum atomic E-state index is 13.1. The van der Waals surface area contributed by atoms with Gasteiger partial charge in [0.25, 0.3) is 0 Å². The molecule has 466 valence electrons. The molecule has 1 amide bonds. The molecule has 0 aromatic carbocycles. The lowest BCUT2D eigenvalue weighted by Gasteiger charge is -2.26. The zero-order chi connectivity index (χ0) is 58.4. The van der Waals surface area contributed by atoms with Crippen LogP contribution in [0.4, 0.5) is 0 Å². The minimum atomic E-state index is -4.34. The number of likely N-dealkylation sites (N-methyl/N-ethyl adjacent to an activating group) is 1. The molecule has 0 spiro atoms. The molecule has 8 nitrogen and oxygen atoms in total. The molecule has 0 aromatic rings. The first-order valence-corrected chi connectivity index (χ1v) is 35.4. The van der Waals surface area contributed by atoms with E-state index in [2.05, 4.69) is 104 Å². The molecule has 0 heterocycles. The Balaban J connectivity index is 4.12. The highest BCUT2D eigenvalue weighted by atomic mass is 31.2. The van der Waals surface area contributed by atoms with Crippen molar-refractivity contribution in [2.24, 2.45) is 0 Å². The fourth-order valence-electron chi connectivity index (χ4n) is 9.91. The van der Waals surface area contributed by atoms with Gasteiger partial charge in [-0.3, -0.25) is 13.8 Å². The van der Waals surface area contributed by atoms with E-state index in [1.807, 2.05) is 21.1 Å². The summed E-state index contributed by atoms with van der Waals surface area (Å²) in [6.45, 7) is 4.79. The van der Waals surface area contributed by atoms with Gasteiger partial charge in [0.15, 0.2) is 0 Å². The zero-order valence-electron chi connectivity index (χ0n) is 53.3. The molecule has 3 N–H and O–H groups in total. The van der Waals surface area contributed by atoms with E-state index in [0.717, 1.165) is 89.9 Å². The molecule has 3 unspecified atom stereocenters. The molecule has 0 aliphatic rings. The lowest BCUT2D eigenvalue weighted by Crippen LogP contribution is -2.46. The second-order valence-corrected chi connectivity index (χ2v) is 25.6. The fraction of sp³-hybridized carbons (Fsp3) is 0.789. The van der Waals surface area contributed by atoms with E-state index in [-0.39, 0.29) is 19.1 Å². The number of hydrogen-bond acceptors (Lipinski definition) is 5. The van der Waals surface area contributed by atoms with Crippen LogP contribution >= 0.6 is 7.82 Å². The number of aliphatic hydroxyl groups is 1. The summed E-state index contributed by atoms with van der Waals surface area (Å²) in [5.41, 5.74) is 0. The quantitative estimate of drug-likeness (QED) is 0.0243. The monoisotopic (exact) mass is 1140 g/mol. The normalized spacial score (nSPS) is 14.2. The molecule has 0 radical (unpaired) electrons. The largest absolute Gasteiger partial charge is 0.472 e. The number of unbranched alkanes of at least 4 members (excludes halogenated alkanes) is 35. The van der Waals surface area contributed by atoms with Gasteiger partial charge in [0.05, 0.1) is 39.9 Å². The Hall–Kier alpha value is -2.32. The van der Waals surface area contributed by atoms with Crippen molar-refractivity contribution in [2.75, 3.05) is 40.9 Å². The van der Waals surface area contributed by atoms with Gasteiger partial charge in [0.1, 0.15) is 13.2 Å². The van der Waals surface area contributed by atoms with Gasteiger partial charge in [-0.2, -0.15) is 0 Å². The summed E-state index contributed by atoms with van der Waals surface area (Å²) in [6.07, 6.45) is 86.7. The first kappa shape index (κ1) is 77.7. The summed E-state index contributed by atoms with van der Waals surface area (Å²) in [5.74, 6) is -0.155. The molecule has 0 saturated heterocycles. The molecule has 0 saturated carbocycles. The van der Waals surface area contributed by atoms with Crippen LogP contribution in [0.25, 0.3) is 0 Å². The maximum absolute atomic E-state index is 13.1. The van der Waals surface area contributed by atoms with Crippen molar-refractivity contribution in [3.63, 3.8) is 0 Å². The molecule has 3 atom stereocenters. The number of hydrogen-bond donors (Lipinski definition) is 3. The summed E-state index contributed by atoms with van der Waals surface area (Å²) in [7, 11) is 1.61. The Morgan fingerprint density at radius 1 is 0.438 bits per heavy atom. The van der Waals surface area contributed by atoms with Gasteiger partial charge >= 0.3 is 7.82 Å². The predicted molar refractivity (Wildman–Crippen MR) is 350 cm³/mol. The van der Waals surface area contributed by atoms with E-state index < -0.39 is 20.0 Å². The van der Waals surface area contributed by atoms with Crippen LogP contribution in [0.15, 0.2) is 85.1 Å². The van der Waals surface area contributed by atoms with Crippen LogP contribution in [0.5, 0.6) is 0 Å². The van der Waals surface area contributed by atoms with Gasteiger partial charge in [-0.05, 0) is 70.6 Å². The van der Waals surface area contributed by atoms with Gasteiger partial charge in [-0.25, -0.2) is 4.57 Å². The van der Waals surface area contributed by atoms with Gasteiger partial charge < -0.3 is 19.8 Å². The van der Waals surface area contributed by atoms with Gasteiger partial charge in [0, 0.05) is 6.42 Å². The molecule has 9 heteroatoms. The van der Waals surface area contributed by atoms with Crippen LogP contribution in [0.1, 0.15) is 309 Å². The van der Waals surface area contributed by atoms with Crippen molar-refractivity contribution in [3.8, 4) is 0 Å². The standard InChI is InChI=1S/C71H131N2O6P/c1-6-8-10-12-14-16-18-20-22-24-26-28-30-32-34-36-38-40-42-44-46-48-50-52-54-56-58-60-62-64-70(74)69(68-79-80(76,77)78-67-66-73(3,4)5)72-71(75)65-63-61-59-57-55-53-51-49-47-45-43-41-39-37-35-33-31-29-27-25-23-21-19-17-15-13-11-9-7-2/h9,11,15,17,21,23,27,29,33,35,39,41,45,47,69-70,74H,6-8,10,12-14,16,18-20,22,24-26,28,30-32,34,36-38,40,42-44,46,48-68H2,1-5H3,(H-,72,75,76,77)/p+1/b11-9-,17-15-,23-21-,29-27-,35-33-,41-39-,47-45-. The Morgan fingerprint density at radius 2 is 0.750 bits per heavy atom. The molecule has 0 aromatic heterocycles. The number of phosphoric acid groups is 1. The highest BCUT2D eigenvalue weighted by molar-refractivity contribution is 7.47. The Morgan fingerprint density at radius 3 is 1.10 bits per heavy atom. The lowest BCUT2D eigenvalue weighted by atomic mass is 10.0. The number of aliphatic hydroxyl groups excluding tert-OH is 1. The summed E-state index contributed by atoms with van der Waals surface area (Å²) < 4.78 is 23.9. The molecular formula is C71H132N2O6P+. The molecule has 0 fully saturated rings. The van der Waals surface area contributed by atoms with E-state index in [1.165, 1.54) is 193 Å². The number of nitrogens with zero attached hydrogens (tertiary/aromatic N) is 1. The van der Waals surface area contributed by atoms with Crippen molar-refractivity contribution in [3.05, 3.63) is 85.1 Å². The maximum Gasteiger partial charge on any atom is 0.472 e. The Kier molecular flexibility index (Phi) is 59.5. The van der Waals surface area contributed by atoms with Crippen molar-refractivity contribution in [2.45, 2.75) is 321 Å².